The van der Waals surface area contributed by atoms with E-state index in [0.717, 1.165) is 16.0 Å². The molecule has 1 N–H and O–H groups in total. The molecule has 1 saturated heterocycles. The lowest BCUT2D eigenvalue weighted by atomic mass is 10.0. The van der Waals surface area contributed by atoms with Gasteiger partial charge in [-0.05, 0) is 60.5 Å². The van der Waals surface area contributed by atoms with Crippen molar-refractivity contribution in [1.29, 1.82) is 0 Å². The maximum atomic E-state index is 12.5. The maximum Gasteiger partial charge on any atom is 0.326 e. The van der Waals surface area contributed by atoms with Gasteiger partial charge < -0.3 is 9.84 Å². The Labute approximate surface area is 177 Å². The number of benzene rings is 2. The number of amides is 2. The number of esters is 1. The minimum absolute atomic E-state index is 0.0231. The molecule has 0 aliphatic carbocycles. The Morgan fingerprint density at radius 3 is 2.72 bits per heavy atom. The first kappa shape index (κ1) is 21.0. The second-order valence-electron chi connectivity index (χ2n) is 6.23. The number of thioether (sulfide) groups is 1. The van der Waals surface area contributed by atoms with Crippen LogP contribution in [0, 0.1) is 0 Å². The van der Waals surface area contributed by atoms with Crippen LogP contribution in [0.5, 0.6) is 5.75 Å². The van der Waals surface area contributed by atoms with Crippen molar-refractivity contribution in [2.45, 2.75) is 13.3 Å². The third kappa shape index (κ3) is 4.99. The van der Waals surface area contributed by atoms with Crippen molar-refractivity contribution in [2.24, 2.45) is 0 Å². The van der Waals surface area contributed by atoms with Crippen molar-refractivity contribution >= 4 is 46.6 Å². The molecule has 1 aliphatic heterocycles. The van der Waals surface area contributed by atoms with Crippen LogP contribution in [-0.4, -0.2) is 40.3 Å². The number of halogens is 1. The number of nitrogens with zero attached hydrogens (tertiary/aromatic N) is 1. The third-order valence-corrected chi connectivity index (χ3v) is 5.47. The molecule has 2 amide bonds. The Morgan fingerprint density at radius 2 is 2.00 bits per heavy atom. The van der Waals surface area contributed by atoms with Gasteiger partial charge in [-0.15, -0.1) is 0 Å². The van der Waals surface area contributed by atoms with Crippen LogP contribution in [0.15, 0.2) is 47.4 Å². The predicted molar refractivity (Wildman–Crippen MR) is 112 cm³/mol. The molecule has 3 rings (SSSR count). The summed E-state index contributed by atoms with van der Waals surface area (Å²) in [4.78, 5) is 37.2. The normalized spacial score (nSPS) is 15.2. The van der Waals surface area contributed by atoms with E-state index in [-0.39, 0.29) is 17.3 Å². The van der Waals surface area contributed by atoms with Crippen LogP contribution >= 0.6 is 23.4 Å². The van der Waals surface area contributed by atoms with Crippen LogP contribution in [0.4, 0.5) is 4.79 Å². The van der Waals surface area contributed by atoms with Gasteiger partial charge in [-0.1, -0.05) is 35.9 Å². The van der Waals surface area contributed by atoms with Gasteiger partial charge in [0.15, 0.2) is 0 Å². The Kier molecular flexibility index (Phi) is 6.61. The number of hydrogen-bond acceptors (Lipinski definition) is 6. The summed E-state index contributed by atoms with van der Waals surface area (Å²) in [6.45, 7) is 1.37. The summed E-state index contributed by atoms with van der Waals surface area (Å²) in [7, 11) is 0. The fraction of sp³-hybridized carbons (Fsp3) is 0.190. The lowest BCUT2D eigenvalue weighted by molar-refractivity contribution is -0.145. The van der Waals surface area contributed by atoms with E-state index in [1.165, 1.54) is 12.1 Å². The Morgan fingerprint density at radius 1 is 1.24 bits per heavy atom. The highest BCUT2D eigenvalue weighted by Gasteiger charge is 2.36. The van der Waals surface area contributed by atoms with E-state index in [4.69, 9.17) is 16.3 Å². The molecule has 8 heteroatoms. The molecule has 6 nitrogen and oxygen atoms in total. The highest BCUT2D eigenvalue weighted by atomic mass is 35.5. The van der Waals surface area contributed by atoms with Crippen LogP contribution in [0.1, 0.15) is 23.6 Å². The van der Waals surface area contributed by atoms with Gasteiger partial charge >= 0.3 is 5.97 Å². The summed E-state index contributed by atoms with van der Waals surface area (Å²) in [6.07, 6.45) is 1.99. The number of carbonyl (C=O) groups is 3. The van der Waals surface area contributed by atoms with E-state index in [1.54, 1.807) is 25.1 Å². The van der Waals surface area contributed by atoms with E-state index in [2.05, 4.69) is 0 Å². The summed E-state index contributed by atoms with van der Waals surface area (Å²) < 4.78 is 4.79. The molecule has 0 saturated carbocycles. The van der Waals surface area contributed by atoms with Gasteiger partial charge in [-0.2, -0.15) is 0 Å². The first-order chi connectivity index (χ1) is 13.9. The second kappa shape index (κ2) is 9.15. The zero-order chi connectivity index (χ0) is 21.0. The van der Waals surface area contributed by atoms with Gasteiger partial charge in [-0.3, -0.25) is 19.3 Å². The standard InChI is InChI=1S/C21H18ClNO5S/c1-2-28-19(25)12-23-20(26)18(29-21(23)27)11-15-10-13(7-8-17(15)24)9-14-5-3-4-6-16(14)22/h3-8,10-11,24H,2,9,12H2,1H3/b18-11-. The van der Waals surface area contributed by atoms with Crippen molar-refractivity contribution < 1.29 is 24.2 Å². The molecule has 0 bridgehead atoms. The molecule has 0 radical (unpaired) electrons. The van der Waals surface area contributed by atoms with Crippen molar-refractivity contribution in [3.63, 3.8) is 0 Å². The van der Waals surface area contributed by atoms with Gasteiger partial charge in [0.05, 0.1) is 11.5 Å². The van der Waals surface area contributed by atoms with Crippen LogP contribution in [0.3, 0.4) is 0 Å². The van der Waals surface area contributed by atoms with Gasteiger partial charge in [0, 0.05) is 10.6 Å². The zero-order valence-electron chi connectivity index (χ0n) is 15.6. The van der Waals surface area contributed by atoms with E-state index in [9.17, 15) is 19.5 Å². The molecule has 1 aliphatic rings. The SMILES string of the molecule is CCOC(=O)CN1C(=O)S/C(=C\c2cc(Cc3ccccc3Cl)ccc2O)C1=O. The number of aromatic hydroxyl groups is 1. The molecular weight excluding hydrogens is 414 g/mol. The molecule has 0 atom stereocenters. The molecular formula is C21H18ClNO5S. The Hall–Kier alpha value is -2.77. The molecule has 2 aromatic rings. The zero-order valence-corrected chi connectivity index (χ0v) is 17.1. The average molecular weight is 432 g/mol. The molecule has 0 aromatic heterocycles. The quantitative estimate of drug-likeness (QED) is 0.544. The number of phenols is 1. The molecule has 2 aromatic carbocycles. The van der Waals surface area contributed by atoms with Crippen LogP contribution in [0.25, 0.3) is 6.08 Å². The highest BCUT2D eigenvalue weighted by molar-refractivity contribution is 8.18. The van der Waals surface area contributed by atoms with E-state index in [0.29, 0.717) is 28.8 Å². The van der Waals surface area contributed by atoms with Crippen molar-refractivity contribution in [3.05, 3.63) is 69.1 Å². The smallest absolute Gasteiger partial charge is 0.326 e. The molecule has 1 fully saturated rings. The van der Waals surface area contributed by atoms with Gasteiger partial charge in [-0.25, -0.2) is 0 Å². The minimum Gasteiger partial charge on any atom is -0.507 e. The number of rotatable bonds is 6. The van der Waals surface area contributed by atoms with Gasteiger partial charge in [0.2, 0.25) is 0 Å². The minimum atomic E-state index is -0.652. The van der Waals surface area contributed by atoms with Crippen molar-refractivity contribution in [2.75, 3.05) is 13.2 Å². The Balaban J connectivity index is 1.82. The van der Waals surface area contributed by atoms with Crippen LogP contribution < -0.4 is 0 Å². The second-order valence-corrected chi connectivity index (χ2v) is 7.63. The molecule has 0 unspecified atom stereocenters. The van der Waals surface area contributed by atoms with Crippen molar-refractivity contribution in [3.8, 4) is 5.75 Å². The fourth-order valence-electron chi connectivity index (χ4n) is 2.80. The first-order valence-electron chi connectivity index (χ1n) is 8.85. The highest BCUT2D eigenvalue weighted by Crippen LogP contribution is 2.34. The first-order valence-corrected chi connectivity index (χ1v) is 10.0. The van der Waals surface area contributed by atoms with Gasteiger partial charge in [0.1, 0.15) is 12.3 Å². The lowest BCUT2D eigenvalue weighted by Crippen LogP contribution is -2.34. The molecule has 150 valence electrons. The third-order valence-electron chi connectivity index (χ3n) is 4.20. The maximum absolute atomic E-state index is 12.5. The Bertz CT molecular complexity index is 1000. The number of carbonyl (C=O) groups excluding carboxylic acids is 3. The summed E-state index contributed by atoms with van der Waals surface area (Å²) >= 11 is 6.92. The monoisotopic (exact) mass is 431 g/mol. The van der Waals surface area contributed by atoms with Gasteiger partial charge in [0.25, 0.3) is 11.1 Å². The number of imide groups is 1. The average Bonchev–Trinajstić information content (AvgIpc) is 2.94. The van der Waals surface area contributed by atoms with Crippen molar-refractivity contribution in [1.82, 2.24) is 4.90 Å². The largest absolute Gasteiger partial charge is 0.507 e. The summed E-state index contributed by atoms with van der Waals surface area (Å²) in [5.74, 6) is -1.27. The molecule has 1 heterocycles. The van der Waals surface area contributed by atoms with E-state index in [1.807, 2.05) is 18.2 Å². The number of phenolic OH excluding ortho intramolecular Hbond substituents is 1. The summed E-state index contributed by atoms with van der Waals surface area (Å²) in [6, 6.07) is 12.5. The molecule has 29 heavy (non-hydrogen) atoms. The van der Waals surface area contributed by atoms with Crippen LogP contribution in [0.2, 0.25) is 5.02 Å². The van der Waals surface area contributed by atoms with E-state index < -0.39 is 23.7 Å². The lowest BCUT2D eigenvalue weighted by Gasteiger charge is -2.11. The fourth-order valence-corrected chi connectivity index (χ4v) is 3.84. The molecule has 0 spiro atoms. The summed E-state index contributed by atoms with van der Waals surface area (Å²) in [5, 5.41) is 10.3. The number of hydrogen-bond donors (Lipinski definition) is 1. The van der Waals surface area contributed by atoms with E-state index >= 15 is 0 Å². The van der Waals surface area contributed by atoms with Crippen LogP contribution in [-0.2, 0) is 20.7 Å². The number of ether oxygens (including phenoxy) is 1. The topological polar surface area (TPSA) is 83.9 Å². The predicted octanol–water partition coefficient (Wildman–Crippen LogP) is 4.24. The summed E-state index contributed by atoms with van der Waals surface area (Å²) in [5.41, 5.74) is 2.21.